The van der Waals surface area contributed by atoms with E-state index in [0.29, 0.717) is 28.8 Å². The van der Waals surface area contributed by atoms with Gasteiger partial charge in [-0.1, -0.05) is 0 Å². The molecule has 5 nitrogen and oxygen atoms in total. The Morgan fingerprint density at radius 2 is 2.21 bits per heavy atom. The fourth-order valence-corrected chi connectivity index (χ4v) is 2.05. The molecule has 106 valence electrons. The van der Waals surface area contributed by atoms with E-state index >= 15 is 0 Å². The van der Waals surface area contributed by atoms with Crippen LogP contribution < -0.4 is 10.1 Å². The van der Waals surface area contributed by atoms with E-state index < -0.39 is 0 Å². The first-order chi connectivity index (χ1) is 9.12. The van der Waals surface area contributed by atoms with Gasteiger partial charge in [0.2, 0.25) is 0 Å². The monoisotopic (exact) mass is 331 g/mol. The number of halogens is 1. The molecule has 0 heterocycles. The summed E-state index contributed by atoms with van der Waals surface area (Å²) in [4.78, 5) is 12.2. The van der Waals surface area contributed by atoms with Crippen LogP contribution in [0.1, 0.15) is 16.8 Å². The molecule has 0 saturated carbocycles. The van der Waals surface area contributed by atoms with Crippen LogP contribution >= 0.6 is 15.9 Å². The molecule has 1 amide bonds. The average molecular weight is 332 g/mol. The van der Waals surface area contributed by atoms with Gasteiger partial charge in [-0.2, -0.15) is 0 Å². The third kappa shape index (κ3) is 4.81. The van der Waals surface area contributed by atoms with Gasteiger partial charge >= 0.3 is 0 Å². The normalized spacial score (nSPS) is 12.0. The molecule has 6 heteroatoms. The summed E-state index contributed by atoms with van der Waals surface area (Å²) in [5.74, 6) is 0.375. The van der Waals surface area contributed by atoms with Crippen molar-refractivity contribution in [2.45, 2.75) is 12.5 Å². The van der Waals surface area contributed by atoms with Crippen LogP contribution in [-0.2, 0) is 4.74 Å². The van der Waals surface area contributed by atoms with Gasteiger partial charge in [0.15, 0.2) is 0 Å². The summed E-state index contributed by atoms with van der Waals surface area (Å²) in [7, 11) is 3.10. The lowest BCUT2D eigenvalue weighted by Crippen LogP contribution is -2.38. The maximum Gasteiger partial charge on any atom is 0.252 e. The van der Waals surface area contributed by atoms with Crippen LogP contribution in [-0.4, -0.2) is 44.5 Å². The summed E-state index contributed by atoms with van der Waals surface area (Å²) in [5, 5.41) is 11.8. The predicted molar refractivity (Wildman–Crippen MR) is 75.5 cm³/mol. The number of nitrogens with one attached hydrogen (secondary N) is 1. The molecule has 0 fully saturated rings. The zero-order valence-electron chi connectivity index (χ0n) is 11.0. The second-order valence-electron chi connectivity index (χ2n) is 3.98. The summed E-state index contributed by atoms with van der Waals surface area (Å²) >= 11 is 3.33. The minimum atomic E-state index is -0.235. The number of hydrogen-bond donors (Lipinski definition) is 2. The Balaban J connectivity index is 2.81. The highest BCUT2D eigenvalue weighted by atomic mass is 79.9. The van der Waals surface area contributed by atoms with Crippen molar-refractivity contribution in [2.75, 3.05) is 27.4 Å². The maximum absolute atomic E-state index is 12.2. The number of aliphatic hydroxyl groups excluding tert-OH is 1. The quantitative estimate of drug-likeness (QED) is 0.796. The molecule has 0 radical (unpaired) electrons. The second-order valence-corrected chi connectivity index (χ2v) is 4.84. The number of carbonyl (C=O) groups excluding carboxylic acids is 1. The van der Waals surface area contributed by atoms with Crippen molar-refractivity contribution in [3.05, 3.63) is 28.2 Å². The van der Waals surface area contributed by atoms with E-state index in [-0.39, 0.29) is 18.6 Å². The Morgan fingerprint density at radius 3 is 2.79 bits per heavy atom. The second kappa shape index (κ2) is 8.14. The molecule has 0 aliphatic rings. The van der Waals surface area contributed by atoms with Crippen molar-refractivity contribution in [3.63, 3.8) is 0 Å². The van der Waals surface area contributed by atoms with E-state index in [4.69, 9.17) is 14.6 Å². The number of ether oxygens (including phenoxy) is 2. The Hall–Kier alpha value is -1.11. The zero-order valence-corrected chi connectivity index (χ0v) is 12.6. The Kier molecular flexibility index (Phi) is 6.83. The smallest absolute Gasteiger partial charge is 0.252 e. The van der Waals surface area contributed by atoms with Gasteiger partial charge in [-0.3, -0.25) is 4.79 Å². The molecule has 1 atom stereocenters. The van der Waals surface area contributed by atoms with Crippen LogP contribution in [0.15, 0.2) is 22.7 Å². The first kappa shape index (κ1) is 15.9. The lowest BCUT2D eigenvalue weighted by Gasteiger charge is -2.17. The topological polar surface area (TPSA) is 67.8 Å². The molecule has 0 saturated heterocycles. The molecule has 0 spiro atoms. The van der Waals surface area contributed by atoms with E-state index in [0.717, 1.165) is 0 Å². The SMILES string of the molecule is COCC(CCO)NC(=O)c1cc(OC)ccc1Br. The first-order valence-corrected chi connectivity index (χ1v) is 6.65. The van der Waals surface area contributed by atoms with Gasteiger partial charge in [0.25, 0.3) is 5.91 Å². The summed E-state index contributed by atoms with van der Waals surface area (Å²) < 4.78 is 10.8. The highest BCUT2D eigenvalue weighted by molar-refractivity contribution is 9.10. The molecule has 1 unspecified atom stereocenters. The molecule has 1 aromatic carbocycles. The molecule has 19 heavy (non-hydrogen) atoms. The highest BCUT2D eigenvalue weighted by Crippen LogP contribution is 2.22. The summed E-state index contributed by atoms with van der Waals surface area (Å²) in [6.45, 7) is 0.349. The number of amides is 1. The molecular weight excluding hydrogens is 314 g/mol. The number of aliphatic hydroxyl groups is 1. The number of rotatable bonds is 7. The van der Waals surface area contributed by atoms with E-state index in [2.05, 4.69) is 21.2 Å². The van der Waals surface area contributed by atoms with Gasteiger partial charge in [0, 0.05) is 18.2 Å². The van der Waals surface area contributed by atoms with Crippen molar-refractivity contribution >= 4 is 21.8 Å². The van der Waals surface area contributed by atoms with E-state index in [1.807, 2.05) is 0 Å². The van der Waals surface area contributed by atoms with Gasteiger partial charge in [0.1, 0.15) is 5.75 Å². The van der Waals surface area contributed by atoms with E-state index in [1.165, 1.54) is 0 Å². The lowest BCUT2D eigenvalue weighted by atomic mass is 10.1. The van der Waals surface area contributed by atoms with Crippen molar-refractivity contribution in [1.29, 1.82) is 0 Å². The average Bonchev–Trinajstić information content (AvgIpc) is 2.39. The molecule has 1 aromatic rings. The fourth-order valence-electron chi connectivity index (χ4n) is 1.62. The molecule has 1 rings (SSSR count). The van der Waals surface area contributed by atoms with Gasteiger partial charge in [-0.05, 0) is 40.5 Å². The highest BCUT2D eigenvalue weighted by Gasteiger charge is 2.16. The van der Waals surface area contributed by atoms with E-state index in [1.54, 1.807) is 32.4 Å². The maximum atomic E-state index is 12.2. The third-order valence-corrected chi connectivity index (χ3v) is 3.29. The van der Waals surface area contributed by atoms with Gasteiger partial charge in [-0.15, -0.1) is 0 Å². The van der Waals surface area contributed by atoms with Gasteiger partial charge < -0.3 is 19.9 Å². The largest absolute Gasteiger partial charge is 0.497 e. The number of methoxy groups -OCH3 is 2. The molecule has 0 aliphatic heterocycles. The first-order valence-electron chi connectivity index (χ1n) is 5.86. The van der Waals surface area contributed by atoms with Crippen LogP contribution in [0.4, 0.5) is 0 Å². The minimum Gasteiger partial charge on any atom is -0.497 e. The van der Waals surface area contributed by atoms with Crippen LogP contribution in [0.25, 0.3) is 0 Å². The molecule has 2 N–H and O–H groups in total. The summed E-state index contributed by atoms with van der Waals surface area (Å²) in [5.41, 5.74) is 0.485. The van der Waals surface area contributed by atoms with Gasteiger partial charge in [-0.25, -0.2) is 0 Å². The van der Waals surface area contributed by atoms with Crippen molar-refractivity contribution in [3.8, 4) is 5.75 Å². The molecule has 0 bridgehead atoms. The Bertz CT molecular complexity index is 419. The van der Waals surface area contributed by atoms with E-state index in [9.17, 15) is 4.79 Å². The fraction of sp³-hybridized carbons (Fsp3) is 0.462. The molecule has 0 aliphatic carbocycles. The van der Waals surface area contributed by atoms with Crippen LogP contribution in [0.5, 0.6) is 5.75 Å². The third-order valence-electron chi connectivity index (χ3n) is 2.60. The number of carbonyl (C=O) groups is 1. The minimum absolute atomic E-state index is 0.00636. The van der Waals surface area contributed by atoms with Gasteiger partial charge in [0.05, 0.1) is 25.3 Å². The Morgan fingerprint density at radius 1 is 1.47 bits per heavy atom. The Labute approximate surface area is 121 Å². The van der Waals surface area contributed by atoms with Crippen molar-refractivity contribution in [2.24, 2.45) is 0 Å². The van der Waals surface area contributed by atoms with Crippen LogP contribution in [0, 0.1) is 0 Å². The summed E-state index contributed by atoms with van der Waals surface area (Å²) in [6, 6.07) is 4.95. The standard InChI is InChI=1S/C13H18BrNO4/c1-18-8-9(5-6-16)15-13(17)11-7-10(19-2)3-4-12(11)14/h3-4,7,9,16H,5-6,8H2,1-2H3,(H,15,17). The molecular formula is C13H18BrNO4. The van der Waals surface area contributed by atoms with Crippen molar-refractivity contribution in [1.82, 2.24) is 5.32 Å². The van der Waals surface area contributed by atoms with Crippen LogP contribution in [0.3, 0.4) is 0 Å². The van der Waals surface area contributed by atoms with Crippen LogP contribution in [0.2, 0.25) is 0 Å². The lowest BCUT2D eigenvalue weighted by molar-refractivity contribution is 0.0877. The number of hydrogen-bond acceptors (Lipinski definition) is 4. The summed E-state index contributed by atoms with van der Waals surface area (Å²) in [6.07, 6.45) is 0.446. The predicted octanol–water partition coefficient (Wildman–Crippen LogP) is 1.58. The number of benzene rings is 1. The molecule has 0 aromatic heterocycles. The van der Waals surface area contributed by atoms with Crippen molar-refractivity contribution < 1.29 is 19.4 Å². The zero-order chi connectivity index (χ0) is 14.3.